The van der Waals surface area contributed by atoms with E-state index in [-0.39, 0.29) is 0 Å². The third-order valence-electron chi connectivity index (χ3n) is 6.40. The number of nitrogens with two attached hydrogens (primary N) is 2. The van der Waals surface area contributed by atoms with E-state index in [1.54, 1.807) is 21.8 Å². The Balaban J connectivity index is 0.000000156. The lowest BCUT2D eigenvalue weighted by molar-refractivity contribution is 0.605. The summed E-state index contributed by atoms with van der Waals surface area (Å²) in [7, 11) is 0. The maximum absolute atomic E-state index is 5.96. The second-order valence-corrected chi connectivity index (χ2v) is 11.1. The Kier molecular flexibility index (Phi) is 7.79. The van der Waals surface area contributed by atoms with Gasteiger partial charge < -0.3 is 21.7 Å². The number of nitrogens with one attached hydrogen (secondary N) is 1. The third-order valence-corrected chi connectivity index (χ3v) is 7.94. The van der Waals surface area contributed by atoms with Crippen LogP contribution in [0.25, 0.3) is 11.9 Å². The standard InChI is InChI=1S/C13H17BrN6.C11H13BrN6/c1-8-6-16-20(7-8)13-18-11(15)10(14)12(19-13)17-9-4-2-3-5-9;1-7-5-14-18(6-7)11-15-9(13)8(12)10(16-11)17-3-2-4-17/h6-7,9H,2-5H2,1H3,(H3,15,17,18,19);5-6H,2-4H2,1H3,(H2,13,15,16). The average molecular weight is 646 g/mol. The molecule has 1 aliphatic carbocycles. The van der Waals surface area contributed by atoms with Crippen molar-refractivity contribution in [2.75, 3.05) is 34.8 Å². The van der Waals surface area contributed by atoms with E-state index in [0.717, 1.165) is 44.8 Å². The molecule has 14 heteroatoms. The summed E-state index contributed by atoms with van der Waals surface area (Å²) in [6.07, 6.45) is 13.4. The van der Waals surface area contributed by atoms with Crippen LogP contribution >= 0.6 is 31.9 Å². The smallest absolute Gasteiger partial charge is 0.254 e. The normalized spacial score (nSPS) is 15.2. The molecule has 4 aromatic heterocycles. The van der Waals surface area contributed by atoms with Gasteiger partial charge >= 0.3 is 0 Å². The molecular weight excluding hydrogens is 616 g/mol. The zero-order chi connectivity index (χ0) is 26.8. The summed E-state index contributed by atoms with van der Waals surface area (Å²) in [6, 6.07) is 0.466. The van der Waals surface area contributed by atoms with E-state index in [2.05, 4.69) is 72.2 Å². The lowest BCUT2D eigenvalue weighted by Crippen LogP contribution is -2.38. The lowest BCUT2D eigenvalue weighted by atomic mass is 10.2. The highest BCUT2D eigenvalue weighted by atomic mass is 79.9. The van der Waals surface area contributed by atoms with Crippen molar-refractivity contribution in [3.05, 3.63) is 44.9 Å². The first-order valence-corrected chi connectivity index (χ1v) is 14.1. The van der Waals surface area contributed by atoms with Gasteiger partial charge in [0.25, 0.3) is 11.9 Å². The van der Waals surface area contributed by atoms with Crippen molar-refractivity contribution in [2.24, 2.45) is 0 Å². The van der Waals surface area contributed by atoms with Crippen molar-refractivity contribution in [3.63, 3.8) is 0 Å². The number of aryl methyl sites for hydroxylation is 2. The average Bonchev–Trinajstić information content (AvgIpc) is 3.62. The summed E-state index contributed by atoms with van der Waals surface area (Å²) >= 11 is 6.90. The number of hydrogen-bond acceptors (Lipinski definition) is 10. The number of aromatic nitrogens is 8. The first-order valence-electron chi connectivity index (χ1n) is 12.5. The topological polar surface area (TPSA) is 155 Å². The molecule has 5 heterocycles. The van der Waals surface area contributed by atoms with Crippen LogP contribution < -0.4 is 21.7 Å². The zero-order valence-corrected chi connectivity index (χ0v) is 24.4. The molecule has 0 amide bonds. The number of nitrogen functional groups attached to an aromatic ring is 2. The summed E-state index contributed by atoms with van der Waals surface area (Å²) in [5, 5.41) is 11.9. The number of nitrogens with zero attached hydrogens (tertiary/aromatic N) is 9. The predicted octanol–water partition coefficient (Wildman–Crippen LogP) is 4.20. The van der Waals surface area contributed by atoms with Crippen LogP contribution in [-0.2, 0) is 0 Å². The molecule has 12 nitrogen and oxygen atoms in total. The monoisotopic (exact) mass is 644 g/mol. The summed E-state index contributed by atoms with van der Waals surface area (Å²) in [5.41, 5.74) is 14.0. The zero-order valence-electron chi connectivity index (χ0n) is 21.3. The van der Waals surface area contributed by atoms with Crippen LogP contribution in [0.5, 0.6) is 0 Å². The number of anilines is 4. The molecule has 0 radical (unpaired) electrons. The highest BCUT2D eigenvalue weighted by Gasteiger charge is 2.22. The van der Waals surface area contributed by atoms with E-state index in [9.17, 15) is 0 Å². The number of rotatable bonds is 5. The number of hydrogen-bond donors (Lipinski definition) is 3. The minimum absolute atomic E-state index is 0.420. The van der Waals surface area contributed by atoms with Crippen LogP contribution in [0.1, 0.15) is 43.2 Å². The quantitative estimate of drug-likeness (QED) is 0.288. The molecule has 2 aliphatic rings. The predicted molar refractivity (Wildman–Crippen MR) is 155 cm³/mol. The Morgan fingerprint density at radius 2 is 1.34 bits per heavy atom. The molecule has 0 unspecified atom stereocenters. The Morgan fingerprint density at radius 3 is 1.84 bits per heavy atom. The Morgan fingerprint density at radius 1 is 0.789 bits per heavy atom. The summed E-state index contributed by atoms with van der Waals surface area (Å²) < 4.78 is 4.76. The second kappa shape index (κ2) is 11.2. The first-order chi connectivity index (χ1) is 18.3. The van der Waals surface area contributed by atoms with Gasteiger partial charge in [0.15, 0.2) is 5.82 Å². The minimum Gasteiger partial charge on any atom is -0.383 e. The third kappa shape index (κ3) is 5.75. The van der Waals surface area contributed by atoms with Crippen LogP contribution in [0, 0.1) is 13.8 Å². The van der Waals surface area contributed by atoms with E-state index >= 15 is 0 Å². The maximum atomic E-state index is 5.96. The molecule has 1 saturated heterocycles. The van der Waals surface area contributed by atoms with Gasteiger partial charge in [-0.15, -0.1) is 0 Å². The Bertz CT molecular complexity index is 1420. The van der Waals surface area contributed by atoms with Gasteiger partial charge in [0.2, 0.25) is 0 Å². The van der Waals surface area contributed by atoms with E-state index in [0.29, 0.717) is 29.6 Å². The maximum Gasteiger partial charge on any atom is 0.254 e. The van der Waals surface area contributed by atoms with E-state index in [4.69, 9.17) is 11.5 Å². The van der Waals surface area contributed by atoms with Crippen LogP contribution in [-0.4, -0.2) is 58.6 Å². The molecular formula is C24H30Br2N12. The van der Waals surface area contributed by atoms with Gasteiger partial charge in [0.1, 0.15) is 26.4 Å². The fourth-order valence-corrected chi connectivity index (χ4v) is 4.96. The summed E-state index contributed by atoms with van der Waals surface area (Å²) in [4.78, 5) is 19.8. The van der Waals surface area contributed by atoms with Crippen molar-refractivity contribution in [1.29, 1.82) is 0 Å². The molecule has 0 atom stereocenters. The van der Waals surface area contributed by atoms with Crippen LogP contribution in [0.4, 0.5) is 23.3 Å². The molecule has 5 N–H and O–H groups in total. The van der Waals surface area contributed by atoms with Gasteiger partial charge in [-0.3, -0.25) is 0 Å². The van der Waals surface area contributed by atoms with Crippen molar-refractivity contribution in [3.8, 4) is 11.9 Å². The molecule has 200 valence electrons. The molecule has 6 rings (SSSR count). The van der Waals surface area contributed by atoms with E-state index in [1.807, 2.05) is 26.2 Å². The molecule has 1 aliphatic heterocycles. The van der Waals surface area contributed by atoms with E-state index < -0.39 is 0 Å². The Labute approximate surface area is 237 Å². The SMILES string of the molecule is Cc1cnn(-c2nc(N)c(Br)c(N3CCC3)n2)c1.Cc1cnn(-c2nc(N)c(Br)c(NC3CCCC3)n2)c1. The molecule has 1 saturated carbocycles. The van der Waals surface area contributed by atoms with Gasteiger partial charge in [-0.05, 0) is 76.1 Å². The van der Waals surface area contributed by atoms with Crippen LogP contribution in [0.2, 0.25) is 0 Å². The van der Waals surface area contributed by atoms with Gasteiger partial charge in [0, 0.05) is 31.5 Å². The van der Waals surface area contributed by atoms with Gasteiger partial charge in [0.05, 0.1) is 12.4 Å². The molecule has 2 fully saturated rings. The van der Waals surface area contributed by atoms with Crippen molar-refractivity contribution in [2.45, 2.75) is 52.0 Å². The van der Waals surface area contributed by atoms with Crippen molar-refractivity contribution in [1.82, 2.24) is 39.5 Å². The second-order valence-electron chi connectivity index (χ2n) is 9.51. The highest BCUT2D eigenvalue weighted by Crippen LogP contribution is 2.32. The van der Waals surface area contributed by atoms with Gasteiger partial charge in [-0.2, -0.15) is 30.1 Å². The van der Waals surface area contributed by atoms with Gasteiger partial charge in [-0.1, -0.05) is 12.8 Å². The highest BCUT2D eigenvalue weighted by molar-refractivity contribution is 9.11. The van der Waals surface area contributed by atoms with Gasteiger partial charge in [-0.25, -0.2) is 9.36 Å². The molecule has 0 spiro atoms. The molecule has 0 bridgehead atoms. The van der Waals surface area contributed by atoms with Crippen molar-refractivity contribution >= 4 is 55.1 Å². The fourth-order valence-electron chi connectivity index (χ4n) is 4.24. The van der Waals surface area contributed by atoms with Crippen LogP contribution in [0.15, 0.2) is 33.7 Å². The van der Waals surface area contributed by atoms with Crippen LogP contribution in [0.3, 0.4) is 0 Å². The Hall–Kier alpha value is -3.26. The summed E-state index contributed by atoms with van der Waals surface area (Å²) in [6.45, 7) is 5.96. The first kappa shape index (κ1) is 26.4. The fraction of sp³-hybridized carbons (Fsp3) is 0.417. The summed E-state index contributed by atoms with van der Waals surface area (Å²) in [5.74, 6) is 3.44. The van der Waals surface area contributed by atoms with E-state index in [1.165, 1.54) is 32.1 Å². The minimum atomic E-state index is 0.420. The molecule has 0 aromatic carbocycles. The van der Waals surface area contributed by atoms with Crippen molar-refractivity contribution < 1.29 is 0 Å². The molecule has 38 heavy (non-hydrogen) atoms. The molecule has 4 aromatic rings. The number of halogens is 2. The lowest BCUT2D eigenvalue weighted by Gasteiger charge is -2.32. The largest absolute Gasteiger partial charge is 0.383 e.